The molecular formula is C21H42MgO10. The van der Waals surface area contributed by atoms with E-state index in [0.717, 1.165) is 38.9 Å². The summed E-state index contributed by atoms with van der Waals surface area (Å²) in [4.78, 5) is 9.85. The summed E-state index contributed by atoms with van der Waals surface area (Å²) in [5.74, 6) is 0. The second kappa shape index (κ2) is 35.3. The van der Waals surface area contributed by atoms with Gasteiger partial charge in [0.2, 0.25) is 0 Å². The molecule has 0 bridgehead atoms. The molecule has 0 atom stereocenters. The molecule has 0 fully saturated rings. The Kier molecular flexibility index (Phi) is 40.1. The molecule has 0 aromatic rings. The monoisotopic (exact) mass is 478 g/mol. The summed E-state index contributed by atoms with van der Waals surface area (Å²) >= 11 is 0. The third kappa shape index (κ3) is 40.1. The van der Waals surface area contributed by atoms with Gasteiger partial charge in [0.25, 0.3) is 6.16 Å². The van der Waals surface area contributed by atoms with Gasteiger partial charge in [-0.15, -0.1) is 6.61 Å². The van der Waals surface area contributed by atoms with Crippen LogP contribution < -0.4 is 10.2 Å². The van der Waals surface area contributed by atoms with Crippen LogP contribution in [-0.2, 0) is 33.2 Å². The van der Waals surface area contributed by atoms with Crippen molar-refractivity contribution >= 4 is 29.2 Å². The number of hydrogen-bond acceptors (Lipinski definition) is 10. The normalized spacial score (nSPS) is 10.2. The summed E-state index contributed by atoms with van der Waals surface area (Å²) in [6, 6.07) is 0. The fraction of sp³-hybridized carbons (Fsp3) is 0.952. The van der Waals surface area contributed by atoms with Gasteiger partial charge in [0.15, 0.2) is 0 Å². The zero-order chi connectivity index (χ0) is 23.3. The minimum absolute atomic E-state index is 0. The van der Waals surface area contributed by atoms with Crippen molar-refractivity contribution in [1.82, 2.24) is 0 Å². The van der Waals surface area contributed by atoms with E-state index < -0.39 is 6.16 Å². The average molecular weight is 479 g/mol. The van der Waals surface area contributed by atoms with E-state index in [2.05, 4.69) is 18.6 Å². The maximum atomic E-state index is 9.98. The van der Waals surface area contributed by atoms with E-state index in [4.69, 9.17) is 28.4 Å². The van der Waals surface area contributed by atoms with Gasteiger partial charge >= 0.3 is 23.1 Å². The molecule has 32 heavy (non-hydrogen) atoms. The molecular weight excluding hydrogens is 437 g/mol. The van der Waals surface area contributed by atoms with Crippen LogP contribution in [0.25, 0.3) is 0 Å². The molecule has 0 saturated heterocycles. The van der Waals surface area contributed by atoms with E-state index >= 15 is 0 Å². The van der Waals surface area contributed by atoms with Gasteiger partial charge in [-0.2, -0.15) is 0 Å². The Hall–Kier alpha value is -0.244. The molecule has 0 aliphatic carbocycles. The van der Waals surface area contributed by atoms with E-state index in [9.17, 15) is 15.0 Å². The molecule has 0 spiro atoms. The summed E-state index contributed by atoms with van der Waals surface area (Å²) in [6.45, 7) is 10.4. The first-order valence-electron chi connectivity index (χ1n) is 11.1. The molecule has 11 heteroatoms. The molecule has 0 heterocycles. The van der Waals surface area contributed by atoms with Crippen molar-refractivity contribution in [3.05, 3.63) is 0 Å². The molecule has 0 N–H and O–H groups in total. The molecule has 0 aromatic carbocycles. The van der Waals surface area contributed by atoms with Crippen molar-refractivity contribution in [3.8, 4) is 0 Å². The van der Waals surface area contributed by atoms with Crippen molar-refractivity contribution in [1.29, 1.82) is 0 Å². The van der Waals surface area contributed by atoms with Gasteiger partial charge in [0, 0.05) is 19.8 Å². The Morgan fingerprint density at radius 1 is 0.562 bits per heavy atom. The predicted octanol–water partition coefficient (Wildman–Crippen LogP) is 0.0120. The first-order chi connectivity index (χ1) is 15.2. The number of ether oxygens (including phenoxy) is 7. The summed E-state index contributed by atoms with van der Waals surface area (Å²) in [5.41, 5.74) is 0. The number of carbonyl (C=O) groups is 1. The van der Waals surface area contributed by atoms with E-state index in [-0.39, 0.29) is 49.5 Å². The Labute approximate surface area is 209 Å². The van der Waals surface area contributed by atoms with Gasteiger partial charge in [0.1, 0.15) is 0 Å². The summed E-state index contributed by atoms with van der Waals surface area (Å²) < 4.78 is 35.1. The fourth-order valence-electron chi connectivity index (χ4n) is 1.82. The SMILES string of the molecule is CCCCOCCOCCOCCOC(=O)[O-].CCCCOCCOCCOCC[O-].[Mg+2]. The zero-order valence-electron chi connectivity index (χ0n) is 20.0. The Bertz CT molecular complexity index is 326. The van der Waals surface area contributed by atoms with Crippen LogP contribution in [0.3, 0.4) is 0 Å². The Balaban J connectivity index is -0.000000519. The molecule has 0 saturated carbocycles. The summed E-state index contributed by atoms with van der Waals surface area (Å²) in [7, 11) is 0. The predicted molar refractivity (Wildman–Crippen MR) is 117 cm³/mol. The topological polar surface area (TPSA) is 128 Å². The van der Waals surface area contributed by atoms with Gasteiger partial charge in [-0.25, -0.2) is 0 Å². The van der Waals surface area contributed by atoms with Crippen LogP contribution in [0.5, 0.6) is 0 Å². The standard InChI is InChI=1S/C11H22O6.C10H21O4.Mg/c1-2-3-4-14-5-6-15-7-8-16-9-10-17-11(12)13;1-2-3-5-12-7-9-14-10-8-13-6-4-11;/h2-10H2,1H3,(H,12,13);2-10H2,1H3;/q;-1;+2/p-1. The number of carbonyl (C=O) groups excluding carboxylic acids is 1. The molecule has 0 aromatic heterocycles. The molecule has 0 rings (SSSR count). The van der Waals surface area contributed by atoms with Crippen molar-refractivity contribution in [2.24, 2.45) is 0 Å². The summed E-state index contributed by atoms with van der Waals surface area (Å²) in [5, 5.41) is 19.8. The molecule has 188 valence electrons. The van der Waals surface area contributed by atoms with Crippen LogP contribution >= 0.6 is 0 Å². The zero-order valence-corrected chi connectivity index (χ0v) is 21.4. The van der Waals surface area contributed by atoms with Crippen LogP contribution in [0.4, 0.5) is 4.79 Å². The average Bonchev–Trinajstić information content (AvgIpc) is 2.76. The van der Waals surface area contributed by atoms with Crippen LogP contribution in [0.1, 0.15) is 39.5 Å². The third-order valence-corrected chi connectivity index (χ3v) is 3.45. The van der Waals surface area contributed by atoms with Crippen LogP contribution in [0.2, 0.25) is 0 Å². The van der Waals surface area contributed by atoms with Crippen molar-refractivity contribution < 1.29 is 48.2 Å². The van der Waals surface area contributed by atoms with E-state index in [1.54, 1.807) is 0 Å². The number of carboxylic acid groups (broad SMARTS) is 1. The van der Waals surface area contributed by atoms with Crippen LogP contribution in [-0.4, -0.2) is 122 Å². The molecule has 10 nitrogen and oxygen atoms in total. The van der Waals surface area contributed by atoms with Crippen molar-refractivity contribution in [3.63, 3.8) is 0 Å². The van der Waals surface area contributed by atoms with Crippen molar-refractivity contribution in [2.45, 2.75) is 39.5 Å². The minimum atomic E-state index is -1.53. The molecule has 0 unspecified atom stereocenters. The second-order valence-corrected chi connectivity index (χ2v) is 6.18. The molecule has 0 aliphatic heterocycles. The van der Waals surface area contributed by atoms with Crippen molar-refractivity contribution in [2.75, 3.05) is 92.5 Å². The second-order valence-electron chi connectivity index (χ2n) is 6.18. The van der Waals surface area contributed by atoms with Gasteiger partial charge in [-0.3, -0.25) is 0 Å². The number of hydrogen-bond donors (Lipinski definition) is 0. The van der Waals surface area contributed by atoms with Gasteiger partial charge in [-0.05, 0) is 12.8 Å². The molecule has 0 amide bonds. The third-order valence-electron chi connectivity index (χ3n) is 3.45. The minimum Gasteiger partial charge on any atom is -0.853 e. The van der Waals surface area contributed by atoms with E-state index in [0.29, 0.717) is 52.9 Å². The van der Waals surface area contributed by atoms with Gasteiger partial charge in [-0.1, -0.05) is 26.7 Å². The number of unbranched alkanes of at least 4 members (excludes halogenated alkanes) is 2. The van der Waals surface area contributed by atoms with Gasteiger partial charge in [0.05, 0.1) is 66.1 Å². The van der Waals surface area contributed by atoms with Crippen LogP contribution in [0, 0.1) is 0 Å². The quantitative estimate of drug-likeness (QED) is 0.112. The summed E-state index contributed by atoms with van der Waals surface area (Å²) in [6.07, 6.45) is 2.93. The largest absolute Gasteiger partial charge is 2.00 e. The fourth-order valence-corrected chi connectivity index (χ4v) is 1.82. The maximum absolute atomic E-state index is 9.98. The van der Waals surface area contributed by atoms with E-state index in [1.807, 2.05) is 0 Å². The van der Waals surface area contributed by atoms with Crippen LogP contribution in [0.15, 0.2) is 0 Å². The van der Waals surface area contributed by atoms with E-state index in [1.165, 1.54) is 0 Å². The smallest absolute Gasteiger partial charge is 0.853 e. The molecule has 0 radical (unpaired) electrons. The maximum Gasteiger partial charge on any atom is 2.00 e. The van der Waals surface area contributed by atoms with Gasteiger partial charge < -0.3 is 48.2 Å². The molecule has 0 aliphatic rings. The first kappa shape index (κ1) is 36.3. The Morgan fingerprint density at radius 2 is 0.875 bits per heavy atom. The Morgan fingerprint density at radius 3 is 1.19 bits per heavy atom. The first-order valence-corrected chi connectivity index (χ1v) is 11.1. The number of rotatable bonds is 23.